The molecule has 0 fully saturated rings. The molecular weight excluding hydrogens is 268 g/mol. The highest BCUT2D eigenvalue weighted by atomic mass is 19.2. The molecule has 1 aromatic carbocycles. The summed E-state index contributed by atoms with van der Waals surface area (Å²) in [4.78, 5) is 22.8. The van der Waals surface area contributed by atoms with Crippen LogP contribution < -0.4 is 5.32 Å². The Kier molecular flexibility index (Phi) is 5.83. The monoisotopic (exact) mass is 283 g/mol. The zero-order chi connectivity index (χ0) is 15.1. The van der Waals surface area contributed by atoms with E-state index in [1.165, 1.54) is 0 Å². The average Bonchev–Trinajstić information content (AvgIpc) is 2.40. The predicted molar refractivity (Wildman–Crippen MR) is 69.3 cm³/mol. The van der Waals surface area contributed by atoms with Gasteiger partial charge in [-0.1, -0.05) is 6.08 Å². The van der Waals surface area contributed by atoms with Crippen molar-refractivity contribution in [1.29, 1.82) is 0 Å². The number of benzene rings is 1. The molecule has 1 atom stereocenters. The Morgan fingerprint density at radius 1 is 1.35 bits per heavy atom. The highest BCUT2D eigenvalue weighted by Gasteiger charge is 2.20. The molecule has 20 heavy (non-hydrogen) atoms. The van der Waals surface area contributed by atoms with Gasteiger partial charge < -0.3 is 10.4 Å². The zero-order valence-electron chi connectivity index (χ0n) is 10.7. The van der Waals surface area contributed by atoms with Crippen molar-refractivity contribution in [2.45, 2.75) is 25.3 Å². The van der Waals surface area contributed by atoms with E-state index in [4.69, 9.17) is 5.11 Å². The van der Waals surface area contributed by atoms with Gasteiger partial charge >= 0.3 is 5.97 Å². The molecular formula is C14H15F2NO3. The number of nitrogens with one attached hydrogen (secondary N) is 1. The predicted octanol–water partition coefficient (Wildman–Crippen LogP) is 2.50. The summed E-state index contributed by atoms with van der Waals surface area (Å²) in [5.41, 5.74) is -0.126. The molecule has 6 heteroatoms. The van der Waals surface area contributed by atoms with E-state index in [9.17, 15) is 18.4 Å². The number of hydrogen-bond donors (Lipinski definition) is 2. The van der Waals surface area contributed by atoms with Crippen molar-refractivity contribution in [3.8, 4) is 0 Å². The molecule has 0 saturated heterocycles. The number of aliphatic carboxylic acids is 1. The first-order valence-electron chi connectivity index (χ1n) is 6.05. The van der Waals surface area contributed by atoms with Gasteiger partial charge in [-0.15, -0.1) is 6.58 Å². The van der Waals surface area contributed by atoms with Crippen LogP contribution in [-0.4, -0.2) is 23.0 Å². The second-order valence-corrected chi connectivity index (χ2v) is 4.21. The van der Waals surface area contributed by atoms with E-state index in [1.54, 1.807) is 6.08 Å². The van der Waals surface area contributed by atoms with Crippen LogP contribution in [0.4, 0.5) is 8.78 Å². The van der Waals surface area contributed by atoms with Gasteiger partial charge in [0.05, 0.1) is 0 Å². The summed E-state index contributed by atoms with van der Waals surface area (Å²) in [6, 6.07) is 1.57. The Hall–Kier alpha value is -2.24. The molecule has 4 nitrogen and oxygen atoms in total. The number of carbonyl (C=O) groups excluding carboxylic acids is 1. The normalized spacial score (nSPS) is 11.7. The Bertz CT molecular complexity index is 517. The SMILES string of the molecule is C=CCCC[C@@H](NC(=O)c1ccc(F)c(F)c1)C(=O)O. The molecule has 0 saturated carbocycles. The van der Waals surface area contributed by atoms with E-state index in [0.717, 1.165) is 18.2 Å². The second kappa shape index (κ2) is 7.37. The van der Waals surface area contributed by atoms with Gasteiger partial charge in [-0.05, 0) is 37.5 Å². The summed E-state index contributed by atoms with van der Waals surface area (Å²) in [5, 5.41) is 11.3. The van der Waals surface area contributed by atoms with Crippen LogP contribution in [0.2, 0.25) is 0 Å². The maximum Gasteiger partial charge on any atom is 0.326 e. The minimum Gasteiger partial charge on any atom is -0.480 e. The quantitative estimate of drug-likeness (QED) is 0.597. The molecule has 0 unspecified atom stereocenters. The average molecular weight is 283 g/mol. The fourth-order valence-corrected chi connectivity index (χ4v) is 1.60. The van der Waals surface area contributed by atoms with Crippen LogP contribution in [0.25, 0.3) is 0 Å². The smallest absolute Gasteiger partial charge is 0.326 e. The summed E-state index contributed by atoms with van der Waals surface area (Å²) in [5.74, 6) is -4.15. The number of unbranched alkanes of at least 4 members (excludes halogenated alkanes) is 1. The minimum absolute atomic E-state index is 0.126. The molecule has 1 aromatic rings. The van der Waals surface area contributed by atoms with Crippen LogP contribution in [0.3, 0.4) is 0 Å². The van der Waals surface area contributed by atoms with Gasteiger partial charge in [0.15, 0.2) is 11.6 Å². The van der Waals surface area contributed by atoms with E-state index < -0.39 is 29.6 Å². The summed E-state index contributed by atoms with van der Waals surface area (Å²) in [7, 11) is 0. The Balaban J connectivity index is 2.72. The molecule has 1 amide bonds. The van der Waals surface area contributed by atoms with Crippen molar-refractivity contribution in [2.24, 2.45) is 0 Å². The highest BCUT2D eigenvalue weighted by molar-refractivity contribution is 5.96. The van der Waals surface area contributed by atoms with Gasteiger partial charge in [0.1, 0.15) is 6.04 Å². The van der Waals surface area contributed by atoms with Gasteiger partial charge in [-0.25, -0.2) is 13.6 Å². The lowest BCUT2D eigenvalue weighted by Crippen LogP contribution is -2.40. The van der Waals surface area contributed by atoms with E-state index in [0.29, 0.717) is 12.8 Å². The summed E-state index contributed by atoms with van der Waals surface area (Å²) in [6.07, 6.45) is 3.07. The number of halogens is 2. The summed E-state index contributed by atoms with van der Waals surface area (Å²) >= 11 is 0. The van der Waals surface area contributed by atoms with Crippen LogP contribution in [0.15, 0.2) is 30.9 Å². The Morgan fingerprint density at radius 2 is 2.05 bits per heavy atom. The number of carboxylic acids is 1. The van der Waals surface area contributed by atoms with Gasteiger partial charge in [-0.3, -0.25) is 4.79 Å². The van der Waals surface area contributed by atoms with Gasteiger partial charge in [-0.2, -0.15) is 0 Å². The molecule has 2 N–H and O–H groups in total. The number of allylic oxidation sites excluding steroid dienone is 1. The molecule has 0 radical (unpaired) electrons. The molecule has 1 rings (SSSR count). The molecule has 0 aliphatic carbocycles. The molecule has 0 aliphatic heterocycles. The lowest BCUT2D eigenvalue weighted by molar-refractivity contribution is -0.139. The van der Waals surface area contributed by atoms with Crippen LogP contribution in [-0.2, 0) is 4.79 Å². The maximum atomic E-state index is 13.0. The Labute approximate surface area is 115 Å². The molecule has 0 bridgehead atoms. The summed E-state index contributed by atoms with van der Waals surface area (Å²) < 4.78 is 25.7. The first-order valence-corrected chi connectivity index (χ1v) is 6.05. The third-order valence-electron chi connectivity index (χ3n) is 2.69. The number of rotatable bonds is 7. The number of hydrogen-bond acceptors (Lipinski definition) is 2. The van der Waals surface area contributed by atoms with Crippen molar-refractivity contribution in [3.63, 3.8) is 0 Å². The third-order valence-corrected chi connectivity index (χ3v) is 2.69. The largest absolute Gasteiger partial charge is 0.480 e. The van der Waals surface area contributed by atoms with Crippen molar-refractivity contribution < 1.29 is 23.5 Å². The van der Waals surface area contributed by atoms with Crippen LogP contribution in [0.1, 0.15) is 29.6 Å². The van der Waals surface area contributed by atoms with Crippen LogP contribution in [0, 0.1) is 11.6 Å². The van der Waals surface area contributed by atoms with E-state index >= 15 is 0 Å². The van der Waals surface area contributed by atoms with Crippen molar-refractivity contribution in [2.75, 3.05) is 0 Å². The lowest BCUT2D eigenvalue weighted by Gasteiger charge is -2.14. The maximum absolute atomic E-state index is 13.0. The standard InChI is InChI=1S/C14H15F2NO3/c1-2-3-4-5-12(14(19)20)17-13(18)9-6-7-10(15)11(16)8-9/h2,6-8,12H,1,3-5H2,(H,17,18)(H,19,20)/t12-/m1/s1. The van der Waals surface area contributed by atoms with E-state index in [1.807, 2.05) is 0 Å². The second-order valence-electron chi connectivity index (χ2n) is 4.21. The topological polar surface area (TPSA) is 66.4 Å². The molecule has 108 valence electrons. The fourth-order valence-electron chi connectivity index (χ4n) is 1.60. The van der Waals surface area contributed by atoms with Crippen molar-refractivity contribution in [3.05, 3.63) is 48.1 Å². The summed E-state index contributed by atoms with van der Waals surface area (Å²) in [6.45, 7) is 3.52. The molecule has 0 aliphatic rings. The van der Waals surface area contributed by atoms with Crippen LogP contribution in [0.5, 0.6) is 0 Å². The molecule has 0 heterocycles. The van der Waals surface area contributed by atoms with E-state index in [-0.39, 0.29) is 12.0 Å². The first kappa shape index (κ1) is 15.8. The van der Waals surface area contributed by atoms with Crippen LogP contribution >= 0.6 is 0 Å². The van der Waals surface area contributed by atoms with Crippen molar-refractivity contribution in [1.82, 2.24) is 5.32 Å². The number of carboxylic acid groups (broad SMARTS) is 1. The highest BCUT2D eigenvalue weighted by Crippen LogP contribution is 2.10. The zero-order valence-corrected chi connectivity index (χ0v) is 10.7. The molecule has 0 spiro atoms. The third kappa shape index (κ3) is 4.46. The van der Waals surface area contributed by atoms with E-state index in [2.05, 4.69) is 11.9 Å². The first-order chi connectivity index (χ1) is 9.45. The van der Waals surface area contributed by atoms with Gasteiger partial charge in [0.2, 0.25) is 0 Å². The van der Waals surface area contributed by atoms with Gasteiger partial charge in [0, 0.05) is 5.56 Å². The molecule has 0 aromatic heterocycles. The number of amides is 1. The lowest BCUT2D eigenvalue weighted by atomic mass is 10.1. The Morgan fingerprint density at radius 3 is 2.60 bits per heavy atom. The fraction of sp³-hybridized carbons (Fsp3) is 0.286. The number of carbonyl (C=O) groups is 2. The minimum atomic E-state index is -1.18. The van der Waals surface area contributed by atoms with Gasteiger partial charge in [0.25, 0.3) is 5.91 Å². The van der Waals surface area contributed by atoms with Crippen molar-refractivity contribution >= 4 is 11.9 Å².